The molecule has 0 bridgehead atoms. The summed E-state index contributed by atoms with van der Waals surface area (Å²) in [5.41, 5.74) is 2.24. The number of imidazole rings is 1. The van der Waals surface area contributed by atoms with Crippen LogP contribution in [0.4, 0.5) is 5.69 Å². The topological polar surface area (TPSA) is 40.7 Å². The fraction of sp³-hybridized carbons (Fsp3) is 0.214. The van der Waals surface area contributed by atoms with Crippen molar-refractivity contribution in [3.8, 4) is 0 Å². The molecule has 2 aromatic rings. The molecule has 94 valence electrons. The van der Waals surface area contributed by atoms with Crippen LogP contribution < -0.4 is 5.32 Å². The fourth-order valence-corrected chi connectivity index (χ4v) is 2.41. The Morgan fingerprint density at radius 3 is 3.00 bits per heavy atom. The molecule has 18 heavy (non-hydrogen) atoms. The molecule has 2 N–H and O–H groups in total. The van der Waals surface area contributed by atoms with Crippen molar-refractivity contribution in [3.63, 3.8) is 0 Å². The Labute approximate surface area is 112 Å². The molecular weight excluding hydrogens is 242 g/mol. The van der Waals surface area contributed by atoms with E-state index in [2.05, 4.69) is 40.1 Å². The Morgan fingerprint density at radius 1 is 1.44 bits per heavy atom. The molecule has 0 saturated heterocycles. The lowest BCUT2D eigenvalue weighted by molar-refractivity contribution is 1.04. The maximum absolute atomic E-state index is 4.19. The Morgan fingerprint density at radius 2 is 2.28 bits per heavy atom. The Bertz CT molecular complexity index is 519. The highest BCUT2D eigenvalue weighted by Gasteiger charge is 2.02. The average molecular weight is 259 g/mol. The third-order valence-corrected chi connectivity index (χ3v) is 3.54. The minimum atomic E-state index is 0.756. The van der Waals surface area contributed by atoms with E-state index in [1.54, 1.807) is 11.8 Å². The first-order valence-electron chi connectivity index (χ1n) is 5.86. The van der Waals surface area contributed by atoms with E-state index in [4.69, 9.17) is 0 Å². The first-order valence-corrected chi connectivity index (χ1v) is 6.85. The van der Waals surface area contributed by atoms with Gasteiger partial charge in [0.1, 0.15) is 5.82 Å². The van der Waals surface area contributed by atoms with E-state index in [1.807, 2.05) is 25.3 Å². The van der Waals surface area contributed by atoms with E-state index in [0.717, 1.165) is 29.5 Å². The van der Waals surface area contributed by atoms with Crippen molar-refractivity contribution >= 4 is 17.4 Å². The van der Waals surface area contributed by atoms with Gasteiger partial charge in [-0.1, -0.05) is 18.2 Å². The molecule has 0 spiro atoms. The molecule has 0 unspecified atom stereocenters. The van der Waals surface area contributed by atoms with Gasteiger partial charge in [-0.25, -0.2) is 4.98 Å². The zero-order valence-corrected chi connectivity index (χ0v) is 11.3. The highest BCUT2D eigenvalue weighted by atomic mass is 32.2. The third kappa shape index (κ3) is 3.40. The first kappa shape index (κ1) is 12.8. The van der Waals surface area contributed by atoms with Crippen molar-refractivity contribution in [2.75, 3.05) is 11.1 Å². The van der Waals surface area contributed by atoms with Crippen molar-refractivity contribution in [1.29, 1.82) is 0 Å². The van der Waals surface area contributed by atoms with Gasteiger partial charge in [0.2, 0.25) is 0 Å². The van der Waals surface area contributed by atoms with Crippen LogP contribution in [-0.2, 0) is 6.54 Å². The Hall–Kier alpha value is -1.68. The van der Waals surface area contributed by atoms with Crippen LogP contribution in [-0.4, -0.2) is 15.7 Å². The number of para-hydroxylation sites is 1. The largest absolute Gasteiger partial charge is 0.379 e. The summed E-state index contributed by atoms with van der Waals surface area (Å²) >= 11 is 1.78. The fourth-order valence-electron chi connectivity index (χ4n) is 1.64. The van der Waals surface area contributed by atoms with E-state index in [9.17, 15) is 0 Å². The highest BCUT2D eigenvalue weighted by molar-refractivity contribution is 7.99. The smallest absolute Gasteiger partial charge is 0.103 e. The molecule has 4 heteroatoms. The van der Waals surface area contributed by atoms with Gasteiger partial charge in [-0.05, 0) is 19.1 Å². The lowest BCUT2D eigenvalue weighted by atomic mass is 10.3. The monoisotopic (exact) mass is 259 g/mol. The van der Waals surface area contributed by atoms with Crippen LogP contribution in [0.1, 0.15) is 11.5 Å². The number of aryl methyl sites for hydroxylation is 1. The molecule has 1 aromatic heterocycles. The zero-order chi connectivity index (χ0) is 12.8. The molecule has 0 aliphatic rings. The van der Waals surface area contributed by atoms with Crippen molar-refractivity contribution in [1.82, 2.24) is 9.97 Å². The lowest BCUT2D eigenvalue weighted by Gasteiger charge is -2.10. The van der Waals surface area contributed by atoms with Crippen LogP contribution in [0.25, 0.3) is 0 Å². The van der Waals surface area contributed by atoms with E-state index in [0.29, 0.717) is 0 Å². The standard InChI is InChI=1S/C14H17N3S/c1-3-8-18-14-7-5-4-6-13(14)16-10-12-9-15-11(2)17-12/h3-7,9,16H,1,8,10H2,2H3,(H,15,17). The summed E-state index contributed by atoms with van der Waals surface area (Å²) in [5.74, 6) is 1.86. The van der Waals surface area contributed by atoms with Gasteiger partial charge in [0, 0.05) is 16.3 Å². The number of nitrogens with one attached hydrogen (secondary N) is 2. The lowest BCUT2D eigenvalue weighted by Crippen LogP contribution is -2.00. The van der Waals surface area contributed by atoms with Gasteiger partial charge in [-0.15, -0.1) is 18.3 Å². The van der Waals surface area contributed by atoms with E-state index >= 15 is 0 Å². The van der Waals surface area contributed by atoms with Crippen LogP contribution >= 0.6 is 11.8 Å². The number of nitrogens with zero attached hydrogens (tertiary/aromatic N) is 1. The molecule has 2 rings (SSSR count). The second-order valence-electron chi connectivity index (χ2n) is 3.94. The van der Waals surface area contributed by atoms with Crippen molar-refractivity contribution in [2.24, 2.45) is 0 Å². The van der Waals surface area contributed by atoms with Gasteiger partial charge in [0.25, 0.3) is 0 Å². The van der Waals surface area contributed by atoms with Gasteiger partial charge in [0.05, 0.1) is 18.4 Å². The third-order valence-electron chi connectivity index (χ3n) is 2.47. The van der Waals surface area contributed by atoms with Gasteiger partial charge in [-0.3, -0.25) is 0 Å². The summed E-state index contributed by atoms with van der Waals surface area (Å²) < 4.78 is 0. The van der Waals surface area contributed by atoms with Gasteiger partial charge >= 0.3 is 0 Å². The molecule has 0 amide bonds. The normalized spacial score (nSPS) is 10.3. The molecule has 0 atom stereocenters. The summed E-state index contributed by atoms with van der Waals surface area (Å²) in [6.07, 6.45) is 3.78. The van der Waals surface area contributed by atoms with Crippen molar-refractivity contribution in [3.05, 3.63) is 54.6 Å². The second-order valence-corrected chi connectivity index (χ2v) is 5.01. The predicted molar refractivity (Wildman–Crippen MR) is 78.0 cm³/mol. The number of thioether (sulfide) groups is 1. The van der Waals surface area contributed by atoms with Gasteiger partial charge in [-0.2, -0.15) is 0 Å². The number of aromatic amines is 1. The number of rotatable bonds is 6. The number of aromatic nitrogens is 2. The summed E-state index contributed by atoms with van der Waals surface area (Å²) in [6.45, 7) is 6.46. The summed E-state index contributed by atoms with van der Waals surface area (Å²) in [6, 6.07) is 8.30. The zero-order valence-electron chi connectivity index (χ0n) is 10.4. The molecule has 3 nitrogen and oxygen atoms in total. The quantitative estimate of drug-likeness (QED) is 0.615. The van der Waals surface area contributed by atoms with Crippen LogP contribution in [0.2, 0.25) is 0 Å². The number of hydrogen-bond acceptors (Lipinski definition) is 3. The molecule has 0 radical (unpaired) electrons. The first-order chi connectivity index (χ1) is 8.79. The van der Waals surface area contributed by atoms with Gasteiger partial charge < -0.3 is 10.3 Å². The second kappa shape index (κ2) is 6.31. The Balaban J connectivity index is 2.01. The van der Waals surface area contributed by atoms with Crippen molar-refractivity contribution in [2.45, 2.75) is 18.4 Å². The van der Waals surface area contributed by atoms with Crippen LogP contribution in [0.15, 0.2) is 48.0 Å². The predicted octanol–water partition coefficient (Wildman–Crippen LogP) is 3.61. The molecule has 0 aliphatic carbocycles. The molecule has 1 aromatic carbocycles. The Kier molecular flexibility index (Phi) is 4.47. The molecule has 0 fully saturated rings. The molecule has 0 saturated carbocycles. The van der Waals surface area contributed by atoms with E-state index in [1.165, 1.54) is 4.90 Å². The SMILES string of the molecule is C=CCSc1ccccc1NCc1cnc(C)[nH]1. The average Bonchev–Trinajstić information content (AvgIpc) is 2.81. The van der Waals surface area contributed by atoms with Gasteiger partial charge in [0.15, 0.2) is 0 Å². The number of benzene rings is 1. The summed E-state index contributed by atoms with van der Waals surface area (Å²) in [4.78, 5) is 8.64. The van der Waals surface area contributed by atoms with E-state index < -0.39 is 0 Å². The maximum atomic E-state index is 4.19. The summed E-state index contributed by atoms with van der Waals surface area (Å²) in [5, 5.41) is 3.43. The molecule has 0 aliphatic heterocycles. The minimum absolute atomic E-state index is 0.756. The number of anilines is 1. The van der Waals surface area contributed by atoms with Crippen LogP contribution in [0.5, 0.6) is 0 Å². The maximum Gasteiger partial charge on any atom is 0.103 e. The molecule has 1 heterocycles. The van der Waals surface area contributed by atoms with Crippen LogP contribution in [0.3, 0.4) is 0 Å². The summed E-state index contributed by atoms with van der Waals surface area (Å²) in [7, 11) is 0. The number of hydrogen-bond donors (Lipinski definition) is 2. The highest BCUT2D eigenvalue weighted by Crippen LogP contribution is 2.27. The van der Waals surface area contributed by atoms with E-state index in [-0.39, 0.29) is 0 Å². The van der Waals surface area contributed by atoms with Crippen molar-refractivity contribution < 1.29 is 0 Å². The minimum Gasteiger partial charge on any atom is -0.379 e. The number of H-pyrrole nitrogens is 1. The molecular formula is C14H17N3S. The van der Waals surface area contributed by atoms with Crippen LogP contribution in [0, 0.1) is 6.92 Å².